The van der Waals surface area contributed by atoms with Gasteiger partial charge in [-0.15, -0.1) is 0 Å². The lowest BCUT2D eigenvalue weighted by molar-refractivity contribution is -0.123. The first-order valence-electron chi connectivity index (χ1n) is 6.48. The molecule has 100 valence electrons. The minimum atomic E-state index is -0.679. The summed E-state index contributed by atoms with van der Waals surface area (Å²) in [6, 6.07) is -0.152. The Morgan fingerprint density at radius 3 is 2.41 bits per heavy atom. The third kappa shape index (κ3) is 4.64. The van der Waals surface area contributed by atoms with E-state index < -0.39 is 5.60 Å². The molecule has 0 aromatic heterocycles. The number of aliphatic hydroxyl groups is 1. The van der Waals surface area contributed by atoms with E-state index in [0.717, 1.165) is 25.7 Å². The molecule has 0 aromatic carbocycles. The van der Waals surface area contributed by atoms with E-state index in [-0.39, 0.29) is 17.4 Å². The molecule has 4 nitrogen and oxygen atoms in total. The standard InChI is InChI=1S/C13H26N2O2/c1-12(2,3)10(14)8-11(16)15-9-13(17)6-4-5-7-13/h10,17H,4-9,14H2,1-3H3,(H,15,16). The lowest BCUT2D eigenvalue weighted by Gasteiger charge is -2.27. The molecule has 0 heterocycles. The van der Waals surface area contributed by atoms with Crippen LogP contribution < -0.4 is 11.1 Å². The molecule has 4 N–H and O–H groups in total. The summed E-state index contributed by atoms with van der Waals surface area (Å²) >= 11 is 0. The van der Waals surface area contributed by atoms with E-state index in [9.17, 15) is 9.90 Å². The van der Waals surface area contributed by atoms with Crippen LogP contribution in [0.25, 0.3) is 0 Å². The van der Waals surface area contributed by atoms with Crippen molar-refractivity contribution in [3.63, 3.8) is 0 Å². The van der Waals surface area contributed by atoms with E-state index in [0.29, 0.717) is 13.0 Å². The molecule has 1 saturated carbocycles. The fraction of sp³-hybridized carbons (Fsp3) is 0.923. The Morgan fingerprint density at radius 2 is 1.94 bits per heavy atom. The zero-order valence-corrected chi connectivity index (χ0v) is 11.3. The maximum Gasteiger partial charge on any atom is 0.221 e. The van der Waals surface area contributed by atoms with Crippen molar-refractivity contribution in [2.24, 2.45) is 11.1 Å². The zero-order valence-electron chi connectivity index (χ0n) is 11.3. The van der Waals surface area contributed by atoms with E-state index >= 15 is 0 Å². The van der Waals surface area contributed by atoms with Crippen LogP contribution in [-0.4, -0.2) is 29.2 Å². The lowest BCUT2D eigenvalue weighted by Crippen LogP contribution is -2.44. The number of carbonyl (C=O) groups is 1. The Balaban J connectivity index is 2.30. The molecular weight excluding hydrogens is 216 g/mol. The summed E-state index contributed by atoms with van der Waals surface area (Å²) in [5.41, 5.74) is 5.20. The normalized spacial score (nSPS) is 21.2. The number of carbonyl (C=O) groups excluding carboxylic acids is 1. The van der Waals surface area contributed by atoms with Crippen LogP contribution >= 0.6 is 0 Å². The van der Waals surface area contributed by atoms with Gasteiger partial charge in [0.15, 0.2) is 0 Å². The van der Waals surface area contributed by atoms with Gasteiger partial charge in [0.25, 0.3) is 0 Å². The summed E-state index contributed by atoms with van der Waals surface area (Å²) in [7, 11) is 0. The topological polar surface area (TPSA) is 75.4 Å². The van der Waals surface area contributed by atoms with Crippen molar-refractivity contribution in [3.05, 3.63) is 0 Å². The van der Waals surface area contributed by atoms with Crippen LogP contribution in [0.1, 0.15) is 52.9 Å². The van der Waals surface area contributed by atoms with Crippen LogP contribution in [0.4, 0.5) is 0 Å². The van der Waals surface area contributed by atoms with Crippen molar-refractivity contribution >= 4 is 5.91 Å². The largest absolute Gasteiger partial charge is 0.388 e. The molecule has 0 bridgehead atoms. The van der Waals surface area contributed by atoms with Crippen molar-refractivity contribution in [1.29, 1.82) is 0 Å². The Bertz CT molecular complexity index is 265. The van der Waals surface area contributed by atoms with Gasteiger partial charge in [-0.3, -0.25) is 4.79 Å². The number of hydrogen-bond acceptors (Lipinski definition) is 3. The first-order valence-corrected chi connectivity index (χ1v) is 6.48. The Labute approximate surface area is 104 Å². The van der Waals surface area contributed by atoms with E-state index in [4.69, 9.17) is 5.73 Å². The average Bonchev–Trinajstić information content (AvgIpc) is 2.61. The first-order chi connectivity index (χ1) is 7.73. The van der Waals surface area contributed by atoms with Gasteiger partial charge in [-0.1, -0.05) is 33.6 Å². The van der Waals surface area contributed by atoms with Gasteiger partial charge in [-0.05, 0) is 18.3 Å². The summed E-state index contributed by atoms with van der Waals surface area (Å²) in [6.07, 6.45) is 4.00. The third-order valence-corrected chi connectivity index (χ3v) is 3.67. The maximum atomic E-state index is 11.7. The van der Waals surface area contributed by atoms with Gasteiger partial charge in [-0.25, -0.2) is 0 Å². The van der Waals surface area contributed by atoms with Gasteiger partial charge < -0.3 is 16.2 Å². The molecule has 0 radical (unpaired) electrons. The first kappa shape index (κ1) is 14.5. The van der Waals surface area contributed by atoms with Gasteiger partial charge in [0.1, 0.15) is 0 Å². The predicted molar refractivity (Wildman–Crippen MR) is 68.5 cm³/mol. The highest BCUT2D eigenvalue weighted by atomic mass is 16.3. The van der Waals surface area contributed by atoms with Gasteiger partial charge >= 0.3 is 0 Å². The molecule has 1 atom stereocenters. The Kier molecular flexibility index (Phi) is 4.55. The highest BCUT2D eigenvalue weighted by Crippen LogP contribution is 2.28. The summed E-state index contributed by atoms with van der Waals surface area (Å²) in [5, 5.41) is 12.9. The third-order valence-electron chi connectivity index (χ3n) is 3.67. The predicted octanol–water partition coefficient (Wildman–Crippen LogP) is 1.17. The van der Waals surface area contributed by atoms with Gasteiger partial charge in [0, 0.05) is 19.0 Å². The molecule has 1 fully saturated rings. The summed E-state index contributed by atoms with van der Waals surface area (Å²) in [6.45, 7) is 6.43. The second-order valence-electron chi connectivity index (χ2n) is 6.38. The average molecular weight is 242 g/mol. The fourth-order valence-electron chi connectivity index (χ4n) is 2.05. The number of amides is 1. The SMILES string of the molecule is CC(C)(C)C(N)CC(=O)NCC1(O)CCCC1. The number of nitrogens with two attached hydrogens (primary N) is 1. The minimum Gasteiger partial charge on any atom is -0.388 e. The summed E-state index contributed by atoms with van der Waals surface area (Å²) in [5.74, 6) is -0.0623. The number of rotatable bonds is 4. The van der Waals surface area contributed by atoms with Crippen LogP contribution in [0.3, 0.4) is 0 Å². The lowest BCUT2D eigenvalue weighted by atomic mass is 9.85. The highest BCUT2D eigenvalue weighted by molar-refractivity contribution is 5.76. The quantitative estimate of drug-likeness (QED) is 0.692. The molecule has 1 amide bonds. The van der Waals surface area contributed by atoms with E-state index in [1.807, 2.05) is 20.8 Å². The molecule has 1 unspecified atom stereocenters. The monoisotopic (exact) mass is 242 g/mol. The second-order valence-corrected chi connectivity index (χ2v) is 6.38. The van der Waals surface area contributed by atoms with E-state index in [1.165, 1.54) is 0 Å². The van der Waals surface area contributed by atoms with Crippen LogP contribution in [0.5, 0.6) is 0 Å². The van der Waals surface area contributed by atoms with E-state index in [1.54, 1.807) is 0 Å². The van der Waals surface area contributed by atoms with Crippen LogP contribution in [0.15, 0.2) is 0 Å². The van der Waals surface area contributed by atoms with Crippen LogP contribution in [0.2, 0.25) is 0 Å². The second kappa shape index (κ2) is 5.36. The van der Waals surface area contributed by atoms with Gasteiger partial charge in [-0.2, -0.15) is 0 Å². The molecule has 0 spiro atoms. The molecule has 17 heavy (non-hydrogen) atoms. The van der Waals surface area contributed by atoms with Crippen molar-refractivity contribution in [2.75, 3.05) is 6.54 Å². The Morgan fingerprint density at radius 1 is 1.41 bits per heavy atom. The minimum absolute atomic E-state index is 0.0623. The number of hydrogen-bond donors (Lipinski definition) is 3. The molecule has 0 aliphatic heterocycles. The fourth-order valence-corrected chi connectivity index (χ4v) is 2.05. The Hall–Kier alpha value is -0.610. The van der Waals surface area contributed by atoms with E-state index in [2.05, 4.69) is 5.32 Å². The van der Waals surface area contributed by atoms with Gasteiger partial charge in [0.2, 0.25) is 5.91 Å². The molecule has 1 aliphatic carbocycles. The van der Waals surface area contributed by atoms with Crippen molar-refractivity contribution < 1.29 is 9.90 Å². The summed E-state index contributed by atoms with van der Waals surface area (Å²) in [4.78, 5) is 11.7. The molecular formula is C13H26N2O2. The van der Waals surface area contributed by atoms with Crippen LogP contribution in [0, 0.1) is 5.41 Å². The van der Waals surface area contributed by atoms with Crippen LogP contribution in [-0.2, 0) is 4.79 Å². The summed E-state index contributed by atoms with van der Waals surface area (Å²) < 4.78 is 0. The maximum absolute atomic E-state index is 11.7. The highest BCUT2D eigenvalue weighted by Gasteiger charge is 2.31. The van der Waals surface area contributed by atoms with Crippen molar-refractivity contribution in [2.45, 2.75) is 64.5 Å². The molecule has 1 aliphatic rings. The van der Waals surface area contributed by atoms with Gasteiger partial charge in [0.05, 0.1) is 5.60 Å². The molecule has 4 heteroatoms. The molecule has 1 rings (SSSR count). The number of nitrogens with one attached hydrogen (secondary N) is 1. The zero-order chi connectivity index (χ0) is 13.1. The molecule has 0 aromatic rings. The smallest absolute Gasteiger partial charge is 0.221 e. The van der Waals surface area contributed by atoms with Crippen molar-refractivity contribution in [3.8, 4) is 0 Å². The van der Waals surface area contributed by atoms with Crippen molar-refractivity contribution in [1.82, 2.24) is 5.32 Å². The molecule has 0 saturated heterocycles.